The van der Waals surface area contributed by atoms with E-state index in [9.17, 15) is 18.3 Å². The standard InChI is InChI=1S/C17H20N2O6S2/c1-17(2)15(16(20)21)19(7-8-25-17)27(22,23)14-5-3-12(4-6-14)24-10-13-9-18-11-26-13/h3-6,9,11,15H,7-8,10H2,1-2H3,(H,20,21)/t15-/m0/s1. The van der Waals surface area contributed by atoms with Gasteiger partial charge in [0.05, 0.1) is 27.5 Å². The lowest BCUT2D eigenvalue weighted by atomic mass is 9.97. The maximum Gasteiger partial charge on any atom is 0.325 e. The van der Waals surface area contributed by atoms with Crippen LogP contribution in [0.1, 0.15) is 18.7 Å². The van der Waals surface area contributed by atoms with Crippen LogP contribution in [0.15, 0.2) is 40.9 Å². The third-order valence-electron chi connectivity index (χ3n) is 4.26. The molecule has 1 N–H and O–H groups in total. The van der Waals surface area contributed by atoms with Crippen molar-refractivity contribution in [2.75, 3.05) is 13.2 Å². The molecule has 10 heteroatoms. The van der Waals surface area contributed by atoms with E-state index >= 15 is 0 Å². The van der Waals surface area contributed by atoms with E-state index in [0.29, 0.717) is 12.4 Å². The lowest BCUT2D eigenvalue weighted by Crippen LogP contribution is -2.61. The number of carboxylic acid groups (broad SMARTS) is 1. The van der Waals surface area contributed by atoms with Crippen LogP contribution >= 0.6 is 11.3 Å². The maximum absolute atomic E-state index is 13.0. The molecule has 3 rings (SSSR count). The van der Waals surface area contributed by atoms with Crippen molar-refractivity contribution in [1.82, 2.24) is 9.29 Å². The summed E-state index contributed by atoms with van der Waals surface area (Å²) in [6.07, 6.45) is 1.70. The number of morpholine rings is 1. The summed E-state index contributed by atoms with van der Waals surface area (Å²) in [5.41, 5.74) is 0.575. The van der Waals surface area contributed by atoms with Gasteiger partial charge in [-0.3, -0.25) is 9.78 Å². The first kappa shape index (κ1) is 19.7. The number of carboxylic acids is 1. The summed E-state index contributed by atoms with van der Waals surface area (Å²) < 4.78 is 38.1. The minimum Gasteiger partial charge on any atom is -0.488 e. The molecule has 0 bridgehead atoms. The molecule has 146 valence electrons. The van der Waals surface area contributed by atoms with Crippen molar-refractivity contribution >= 4 is 27.3 Å². The van der Waals surface area contributed by atoms with Gasteiger partial charge in [-0.15, -0.1) is 11.3 Å². The van der Waals surface area contributed by atoms with Gasteiger partial charge >= 0.3 is 5.97 Å². The topological polar surface area (TPSA) is 106 Å². The van der Waals surface area contributed by atoms with Crippen molar-refractivity contribution in [3.8, 4) is 5.75 Å². The maximum atomic E-state index is 13.0. The van der Waals surface area contributed by atoms with Crippen LogP contribution in [0.4, 0.5) is 0 Å². The van der Waals surface area contributed by atoms with Crippen molar-refractivity contribution < 1.29 is 27.8 Å². The summed E-state index contributed by atoms with van der Waals surface area (Å²) in [7, 11) is -3.99. The normalized spacial score (nSPS) is 20.3. The predicted octanol–water partition coefficient (Wildman–Crippen LogP) is 1.97. The Morgan fingerprint density at radius 1 is 1.41 bits per heavy atom. The summed E-state index contributed by atoms with van der Waals surface area (Å²) in [6.45, 7) is 3.60. The second-order valence-electron chi connectivity index (χ2n) is 6.54. The highest BCUT2D eigenvalue weighted by atomic mass is 32.2. The fraction of sp³-hybridized carbons (Fsp3) is 0.412. The highest BCUT2D eigenvalue weighted by molar-refractivity contribution is 7.89. The van der Waals surface area contributed by atoms with Crippen LogP contribution in [0.3, 0.4) is 0 Å². The number of aromatic nitrogens is 1. The van der Waals surface area contributed by atoms with E-state index in [-0.39, 0.29) is 18.0 Å². The van der Waals surface area contributed by atoms with Crippen LogP contribution in [0.2, 0.25) is 0 Å². The predicted molar refractivity (Wildman–Crippen MR) is 98.2 cm³/mol. The molecule has 27 heavy (non-hydrogen) atoms. The molecule has 0 saturated carbocycles. The van der Waals surface area contributed by atoms with E-state index in [1.54, 1.807) is 37.7 Å². The number of carbonyl (C=O) groups is 1. The van der Waals surface area contributed by atoms with Crippen molar-refractivity contribution in [3.05, 3.63) is 40.8 Å². The molecule has 8 nitrogen and oxygen atoms in total. The van der Waals surface area contributed by atoms with Crippen molar-refractivity contribution in [2.45, 2.75) is 37.0 Å². The van der Waals surface area contributed by atoms with Gasteiger partial charge in [-0.1, -0.05) is 0 Å². The molecule has 1 aliphatic rings. The van der Waals surface area contributed by atoms with Crippen LogP contribution in [0.5, 0.6) is 5.75 Å². The molecule has 1 aromatic carbocycles. The summed E-state index contributed by atoms with van der Waals surface area (Å²) in [5.74, 6) is -0.729. The number of benzene rings is 1. The molecule has 1 atom stereocenters. The number of hydrogen-bond acceptors (Lipinski definition) is 7. The fourth-order valence-corrected chi connectivity index (χ4v) is 5.14. The lowest BCUT2D eigenvalue weighted by molar-refractivity contribution is -0.162. The Hall–Kier alpha value is -2.01. The number of thiazole rings is 1. The fourth-order valence-electron chi connectivity index (χ4n) is 2.94. The summed E-state index contributed by atoms with van der Waals surface area (Å²) >= 11 is 1.46. The average Bonchev–Trinajstić information content (AvgIpc) is 3.12. The number of rotatable bonds is 6. The Labute approximate surface area is 161 Å². The highest BCUT2D eigenvalue weighted by Crippen LogP contribution is 2.30. The Kier molecular flexibility index (Phi) is 5.52. The van der Waals surface area contributed by atoms with Crippen molar-refractivity contribution in [1.29, 1.82) is 0 Å². The van der Waals surface area contributed by atoms with E-state index in [1.165, 1.54) is 23.5 Å². The quantitative estimate of drug-likeness (QED) is 0.773. The van der Waals surface area contributed by atoms with Crippen LogP contribution < -0.4 is 4.74 Å². The van der Waals surface area contributed by atoms with Crippen molar-refractivity contribution in [3.63, 3.8) is 0 Å². The molecule has 0 spiro atoms. The summed E-state index contributed by atoms with van der Waals surface area (Å²) in [6, 6.07) is 4.63. The van der Waals surface area contributed by atoms with E-state index < -0.39 is 27.6 Å². The van der Waals surface area contributed by atoms with E-state index in [4.69, 9.17) is 9.47 Å². The van der Waals surface area contributed by atoms with Gasteiger partial charge in [-0.2, -0.15) is 4.31 Å². The molecule has 1 aliphatic heterocycles. The highest BCUT2D eigenvalue weighted by Gasteiger charge is 2.48. The Bertz CT molecular complexity index is 894. The van der Waals surface area contributed by atoms with Gasteiger partial charge in [0.2, 0.25) is 10.0 Å². The van der Waals surface area contributed by atoms with Crippen LogP contribution in [0, 0.1) is 0 Å². The minimum absolute atomic E-state index is 0.0107. The molecule has 0 amide bonds. The monoisotopic (exact) mass is 412 g/mol. The van der Waals surface area contributed by atoms with Gasteiger partial charge in [0, 0.05) is 12.7 Å². The molecule has 1 saturated heterocycles. The minimum atomic E-state index is -3.99. The van der Waals surface area contributed by atoms with E-state index in [0.717, 1.165) is 9.18 Å². The SMILES string of the molecule is CC1(C)OCCN(S(=O)(=O)c2ccc(OCc3cncs3)cc2)[C@H]1C(=O)O. The van der Waals surface area contributed by atoms with Gasteiger partial charge in [0.1, 0.15) is 12.4 Å². The van der Waals surface area contributed by atoms with Crippen molar-refractivity contribution in [2.24, 2.45) is 0 Å². The molecular formula is C17H20N2O6S2. The largest absolute Gasteiger partial charge is 0.488 e. The first-order valence-corrected chi connectivity index (χ1v) is 10.5. The lowest BCUT2D eigenvalue weighted by Gasteiger charge is -2.42. The third kappa shape index (κ3) is 4.13. The zero-order valence-corrected chi connectivity index (χ0v) is 16.5. The Morgan fingerprint density at radius 2 is 2.11 bits per heavy atom. The van der Waals surface area contributed by atoms with Gasteiger partial charge in [-0.25, -0.2) is 8.42 Å². The van der Waals surface area contributed by atoms with Crippen LogP contribution in [0.25, 0.3) is 0 Å². The molecule has 0 aliphatic carbocycles. The third-order valence-corrected chi connectivity index (χ3v) is 6.89. The summed E-state index contributed by atoms with van der Waals surface area (Å²) in [5, 5.41) is 9.55. The molecule has 1 fully saturated rings. The number of ether oxygens (including phenoxy) is 2. The molecule has 2 heterocycles. The molecule has 0 unspecified atom stereocenters. The first-order valence-electron chi connectivity index (χ1n) is 8.20. The van der Waals surface area contributed by atoms with E-state index in [2.05, 4.69) is 4.98 Å². The van der Waals surface area contributed by atoms with Crippen LogP contribution in [-0.2, 0) is 26.2 Å². The van der Waals surface area contributed by atoms with Gasteiger partial charge in [0.25, 0.3) is 0 Å². The Morgan fingerprint density at radius 3 is 2.70 bits per heavy atom. The number of nitrogens with zero attached hydrogens (tertiary/aromatic N) is 2. The van der Waals surface area contributed by atoms with Crippen LogP contribution in [-0.4, -0.2) is 53.6 Å². The second kappa shape index (κ2) is 7.55. The number of hydrogen-bond donors (Lipinski definition) is 1. The Balaban J connectivity index is 1.80. The summed E-state index contributed by atoms with van der Waals surface area (Å²) in [4.78, 5) is 16.6. The number of aliphatic carboxylic acids is 1. The molecule has 2 aromatic rings. The first-order chi connectivity index (χ1) is 12.7. The number of sulfonamides is 1. The van der Waals surface area contributed by atoms with Gasteiger partial charge < -0.3 is 14.6 Å². The zero-order chi connectivity index (χ0) is 19.7. The molecule has 0 radical (unpaired) electrons. The average molecular weight is 412 g/mol. The second-order valence-corrected chi connectivity index (χ2v) is 9.40. The van der Waals surface area contributed by atoms with Gasteiger partial charge in [-0.05, 0) is 38.1 Å². The zero-order valence-electron chi connectivity index (χ0n) is 14.9. The van der Waals surface area contributed by atoms with E-state index in [1.807, 2.05) is 0 Å². The van der Waals surface area contributed by atoms with Gasteiger partial charge in [0.15, 0.2) is 6.04 Å². The molecule has 1 aromatic heterocycles. The smallest absolute Gasteiger partial charge is 0.325 e. The molecular weight excluding hydrogens is 392 g/mol.